The molecular weight excluding hydrogens is 504 g/mol. The van der Waals surface area contributed by atoms with Crippen LogP contribution in [0.15, 0.2) is 47.8 Å². The fourth-order valence-corrected chi connectivity index (χ4v) is 4.49. The first kappa shape index (κ1) is 30.0. The molecule has 0 aromatic heterocycles. The van der Waals surface area contributed by atoms with Gasteiger partial charge in [-0.3, -0.25) is 0 Å². The molecule has 0 aliphatic carbocycles. The summed E-state index contributed by atoms with van der Waals surface area (Å²) in [5.74, 6) is -2.63. The normalized spacial score (nSPS) is 35.9. The van der Waals surface area contributed by atoms with Crippen LogP contribution in [0.25, 0.3) is 0 Å². The lowest BCUT2D eigenvalue weighted by Crippen LogP contribution is -2.60. The molecule has 0 bridgehead atoms. The fourth-order valence-electron chi connectivity index (χ4n) is 4.49. The summed E-state index contributed by atoms with van der Waals surface area (Å²) in [6.45, 7) is 6.58. The zero-order valence-electron chi connectivity index (χ0n) is 21.3. The Morgan fingerprint density at radius 2 is 1.87 bits per heavy atom. The molecule has 3 aliphatic rings. The van der Waals surface area contributed by atoms with Crippen LogP contribution in [0.3, 0.4) is 0 Å². The lowest BCUT2D eigenvalue weighted by atomic mass is 9.80. The second-order valence-corrected chi connectivity index (χ2v) is 9.47. The van der Waals surface area contributed by atoms with Gasteiger partial charge in [-0.1, -0.05) is 23.8 Å². The van der Waals surface area contributed by atoms with Gasteiger partial charge in [-0.25, -0.2) is 9.59 Å². The van der Waals surface area contributed by atoms with Crippen molar-refractivity contribution in [2.24, 2.45) is 11.8 Å². The van der Waals surface area contributed by atoms with Crippen molar-refractivity contribution >= 4 is 11.9 Å². The van der Waals surface area contributed by atoms with Gasteiger partial charge >= 0.3 is 11.9 Å². The maximum atomic E-state index is 12.6. The number of carbonyl (C=O) groups is 2. The summed E-state index contributed by atoms with van der Waals surface area (Å²) in [6.07, 6.45) is -2.41. The Bertz CT molecular complexity index is 954. The van der Waals surface area contributed by atoms with E-state index < -0.39 is 73.7 Å². The van der Waals surface area contributed by atoms with Gasteiger partial charge in [0, 0.05) is 23.8 Å². The zero-order valence-corrected chi connectivity index (χ0v) is 21.3. The number of hydrogen-bond donors (Lipinski definition) is 5. The third-order valence-corrected chi connectivity index (χ3v) is 6.81. The highest BCUT2D eigenvalue weighted by atomic mass is 16.8. The summed E-state index contributed by atoms with van der Waals surface area (Å²) in [4.78, 5) is 25.2. The van der Waals surface area contributed by atoms with Gasteiger partial charge in [0.25, 0.3) is 0 Å². The predicted molar refractivity (Wildman–Crippen MR) is 129 cm³/mol. The minimum absolute atomic E-state index is 0.0492. The van der Waals surface area contributed by atoms with Crippen molar-refractivity contribution in [2.75, 3.05) is 13.2 Å². The van der Waals surface area contributed by atoms with Crippen molar-refractivity contribution in [3.8, 4) is 0 Å². The van der Waals surface area contributed by atoms with E-state index in [2.05, 4.69) is 6.58 Å². The average Bonchev–Trinajstić information content (AvgIpc) is 2.88. The lowest BCUT2D eigenvalue weighted by Gasteiger charge is -2.44. The molecule has 212 valence electrons. The molecule has 38 heavy (non-hydrogen) atoms. The maximum absolute atomic E-state index is 12.6. The van der Waals surface area contributed by atoms with Crippen molar-refractivity contribution in [2.45, 2.75) is 76.4 Å². The molecule has 0 radical (unpaired) electrons. The van der Waals surface area contributed by atoms with Crippen LogP contribution in [0.1, 0.15) is 33.1 Å². The highest BCUT2D eigenvalue weighted by Gasteiger charge is 2.49. The highest BCUT2D eigenvalue weighted by molar-refractivity contribution is 5.91. The monoisotopic (exact) mass is 540 g/mol. The largest absolute Gasteiger partial charge is 0.471 e. The van der Waals surface area contributed by atoms with Gasteiger partial charge in [-0.05, 0) is 26.7 Å². The van der Waals surface area contributed by atoms with E-state index in [9.17, 15) is 30.0 Å². The molecule has 3 heterocycles. The van der Waals surface area contributed by atoms with E-state index >= 15 is 0 Å². The first-order chi connectivity index (χ1) is 18.1. The summed E-state index contributed by atoms with van der Waals surface area (Å²) in [5, 5.41) is 48.7. The predicted octanol–water partition coefficient (Wildman–Crippen LogP) is -0.0572. The van der Waals surface area contributed by atoms with Gasteiger partial charge in [-0.15, -0.1) is 6.58 Å². The van der Waals surface area contributed by atoms with E-state index in [0.717, 1.165) is 11.8 Å². The molecule has 2 saturated heterocycles. The Balaban J connectivity index is 1.66. The van der Waals surface area contributed by atoms with Crippen molar-refractivity contribution in [1.29, 1.82) is 0 Å². The molecule has 12 heteroatoms. The topological polar surface area (TPSA) is 181 Å². The molecule has 4 unspecified atom stereocenters. The summed E-state index contributed by atoms with van der Waals surface area (Å²) < 4.78 is 27.4. The first-order valence-electron chi connectivity index (χ1n) is 12.4. The van der Waals surface area contributed by atoms with Crippen LogP contribution >= 0.6 is 0 Å². The van der Waals surface area contributed by atoms with E-state index in [4.69, 9.17) is 28.8 Å². The number of aliphatic hydroxyl groups excluding tert-OH is 5. The van der Waals surface area contributed by atoms with Gasteiger partial charge in [0.05, 0.1) is 25.0 Å². The SMILES string of the molecule is C=CC1C(O[C@@H]2O[C@H](CO)[C@@H](O)[C@@H](O)[C@H]2O)OC=C2C(=O)OC(OC(=O)/C(C)=C/CC/C(C)=C\CO)CC21. The van der Waals surface area contributed by atoms with Crippen LogP contribution in [0, 0.1) is 11.8 Å². The Kier molecular flexibility index (Phi) is 10.6. The number of allylic oxidation sites excluding steroid dienone is 2. The summed E-state index contributed by atoms with van der Waals surface area (Å²) >= 11 is 0. The minimum atomic E-state index is -1.64. The van der Waals surface area contributed by atoms with Crippen LogP contribution in [0.2, 0.25) is 0 Å². The fraction of sp³-hybridized carbons (Fsp3) is 0.615. The summed E-state index contributed by atoms with van der Waals surface area (Å²) in [6, 6.07) is 0. The van der Waals surface area contributed by atoms with Crippen molar-refractivity contribution < 1.29 is 58.8 Å². The van der Waals surface area contributed by atoms with E-state index in [1.165, 1.54) is 6.08 Å². The quantitative estimate of drug-likeness (QED) is 0.142. The highest BCUT2D eigenvalue weighted by Crippen LogP contribution is 2.40. The first-order valence-corrected chi connectivity index (χ1v) is 12.4. The van der Waals surface area contributed by atoms with E-state index in [1.54, 1.807) is 19.1 Å². The van der Waals surface area contributed by atoms with Gasteiger partial charge in [-0.2, -0.15) is 0 Å². The molecular formula is C26H36O12. The molecule has 9 atom stereocenters. The van der Waals surface area contributed by atoms with Crippen LogP contribution in [-0.2, 0) is 33.3 Å². The molecule has 3 rings (SSSR count). The molecule has 0 aromatic rings. The van der Waals surface area contributed by atoms with Crippen molar-refractivity contribution in [3.05, 3.63) is 47.8 Å². The third-order valence-electron chi connectivity index (χ3n) is 6.81. The van der Waals surface area contributed by atoms with Crippen molar-refractivity contribution in [1.82, 2.24) is 0 Å². The Hall–Kier alpha value is -2.58. The second kappa shape index (κ2) is 13.5. The van der Waals surface area contributed by atoms with Crippen LogP contribution in [-0.4, -0.2) is 94.0 Å². The number of carbonyl (C=O) groups excluding carboxylic acids is 2. The van der Waals surface area contributed by atoms with Gasteiger partial charge in [0.15, 0.2) is 6.29 Å². The average molecular weight is 541 g/mol. The standard InChI is InChI=1S/C26H36O12/c1-4-15-16-10-19(36-23(32)14(3)7-5-6-13(2)8-9-27)37-24(33)17(16)12-34-25(15)38-26-22(31)21(30)20(29)18(11-28)35-26/h4,7-8,12,15-16,18-22,25-31H,1,5-6,9-11H2,2-3H3/b13-8-,14-7+/t15?,16?,18-,19?,20-,21-,22-,25?,26+/m1/s1. The molecule has 0 spiro atoms. The zero-order chi connectivity index (χ0) is 28.0. The van der Waals surface area contributed by atoms with Gasteiger partial charge < -0.3 is 49.2 Å². The number of esters is 2. The molecule has 5 N–H and O–H groups in total. The minimum Gasteiger partial charge on any atom is -0.471 e. The third kappa shape index (κ3) is 6.89. The van der Waals surface area contributed by atoms with Crippen molar-refractivity contribution in [3.63, 3.8) is 0 Å². The van der Waals surface area contributed by atoms with E-state index in [1.807, 2.05) is 6.92 Å². The van der Waals surface area contributed by atoms with E-state index in [-0.39, 0.29) is 18.6 Å². The van der Waals surface area contributed by atoms with Crippen LogP contribution < -0.4 is 0 Å². The maximum Gasteiger partial charge on any atom is 0.340 e. The van der Waals surface area contributed by atoms with Crippen LogP contribution in [0.4, 0.5) is 0 Å². The molecule has 0 aromatic carbocycles. The number of aliphatic hydroxyl groups is 5. The lowest BCUT2D eigenvalue weighted by molar-refractivity contribution is -0.340. The Labute approximate surface area is 220 Å². The molecule has 0 saturated carbocycles. The molecule has 12 nitrogen and oxygen atoms in total. The number of cyclic esters (lactones) is 1. The molecule has 0 amide bonds. The number of hydrogen-bond acceptors (Lipinski definition) is 12. The smallest absolute Gasteiger partial charge is 0.340 e. The van der Waals surface area contributed by atoms with Gasteiger partial charge in [0.1, 0.15) is 24.4 Å². The van der Waals surface area contributed by atoms with E-state index in [0.29, 0.717) is 18.4 Å². The molecule has 2 fully saturated rings. The number of rotatable bonds is 10. The number of fused-ring (bicyclic) bond motifs is 1. The number of ether oxygens (including phenoxy) is 5. The van der Waals surface area contributed by atoms with Gasteiger partial charge in [0.2, 0.25) is 12.6 Å². The Morgan fingerprint density at radius 3 is 2.53 bits per heavy atom. The Morgan fingerprint density at radius 1 is 1.13 bits per heavy atom. The van der Waals surface area contributed by atoms with Crippen LogP contribution in [0.5, 0.6) is 0 Å². The molecule has 3 aliphatic heterocycles. The second-order valence-electron chi connectivity index (χ2n) is 9.47. The summed E-state index contributed by atoms with van der Waals surface area (Å²) in [7, 11) is 0. The summed E-state index contributed by atoms with van der Waals surface area (Å²) in [5.41, 5.74) is 1.52.